The lowest BCUT2D eigenvalue weighted by atomic mass is 9.75. The van der Waals surface area contributed by atoms with Crippen LogP contribution in [-0.2, 0) is 11.3 Å². The zero-order valence-corrected chi connectivity index (χ0v) is 16.3. The number of carbonyl (C=O) groups is 1. The van der Waals surface area contributed by atoms with Crippen LogP contribution in [0.3, 0.4) is 0 Å². The van der Waals surface area contributed by atoms with Gasteiger partial charge in [-0.3, -0.25) is 4.90 Å². The summed E-state index contributed by atoms with van der Waals surface area (Å²) >= 11 is 3.46. The van der Waals surface area contributed by atoms with Crippen LogP contribution in [0.2, 0.25) is 0 Å². The van der Waals surface area contributed by atoms with Crippen molar-refractivity contribution in [2.45, 2.75) is 57.7 Å². The van der Waals surface area contributed by atoms with Gasteiger partial charge in [-0.15, -0.1) is 0 Å². The van der Waals surface area contributed by atoms with Gasteiger partial charge in [-0.25, -0.2) is 9.78 Å². The van der Waals surface area contributed by atoms with E-state index in [0.717, 1.165) is 23.0 Å². The fourth-order valence-electron chi connectivity index (χ4n) is 3.00. The van der Waals surface area contributed by atoms with Crippen LogP contribution in [-0.4, -0.2) is 27.6 Å². The zero-order chi connectivity index (χ0) is 18.0. The molecule has 0 spiro atoms. The third-order valence-electron chi connectivity index (χ3n) is 4.34. The Balaban J connectivity index is 1.67. The molecular weight excluding hydrogens is 384 g/mol. The average Bonchev–Trinajstić information content (AvgIpc) is 2.98. The van der Waals surface area contributed by atoms with E-state index in [4.69, 9.17) is 9.15 Å². The fraction of sp³-hybridized carbons (Fsp3) is 0.474. The summed E-state index contributed by atoms with van der Waals surface area (Å²) in [4.78, 5) is 18.6. The Kier molecular flexibility index (Phi) is 5.18. The Hall–Kier alpha value is -1.82. The predicted molar refractivity (Wildman–Crippen MR) is 98.2 cm³/mol. The van der Waals surface area contributed by atoms with Crippen LogP contribution in [0.1, 0.15) is 50.8 Å². The number of hydrogen-bond acceptors (Lipinski definition) is 4. The van der Waals surface area contributed by atoms with Gasteiger partial charge in [0.05, 0.1) is 12.2 Å². The lowest BCUT2D eigenvalue weighted by Gasteiger charge is -2.43. The number of rotatable bonds is 4. The highest BCUT2D eigenvalue weighted by Gasteiger charge is 2.38. The number of oxazole rings is 1. The van der Waals surface area contributed by atoms with Gasteiger partial charge in [0.1, 0.15) is 11.9 Å². The third kappa shape index (κ3) is 4.63. The van der Waals surface area contributed by atoms with Crippen LogP contribution in [0.15, 0.2) is 45.8 Å². The standard InChI is InChI=1S/C19H23BrN2O3/c1-19(2,3)25-18(23)22(10-16-11-24-12-21-16)17-8-14(9-17)13-4-6-15(20)7-5-13/h4-7,11-12,14,17H,8-10H2,1-3H3. The van der Waals surface area contributed by atoms with Crippen molar-refractivity contribution in [2.75, 3.05) is 0 Å². The van der Waals surface area contributed by atoms with Crippen LogP contribution in [0.4, 0.5) is 4.79 Å². The Morgan fingerprint density at radius 2 is 2.00 bits per heavy atom. The summed E-state index contributed by atoms with van der Waals surface area (Å²) in [5, 5.41) is 0. The molecule has 0 unspecified atom stereocenters. The van der Waals surface area contributed by atoms with Gasteiger partial charge in [-0.1, -0.05) is 28.1 Å². The number of benzene rings is 1. The molecule has 1 aliphatic rings. The van der Waals surface area contributed by atoms with Crippen LogP contribution < -0.4 is 0 Å². The van der Waals surface area contributed by atoms with Crippen LogP contribution in [0, 0.1) is 0 Å². The number of ether oxygens (including phenoxy) is 1. The van der Waals surface area contributed by atoms with Gasteiger partial charge in [0.15, 0.2) is 6.39 Å². The van der Waals surface area contributed by atoms with Crippen molar-refractivity contribution in [1.29, 1.82) is 0 Å². The molecule has 3 rings (SSSR count). The smallest absolute Gasteiger partial charge is 0.410 e. The number of hydrogen-bond donors (Lipinski definition) is 0. The van der Waals surface area contributed by atoms with Crippen molar-refractivity contribution >= 4 is 22.0 Å². The molecule has 1 fully saturated rings. The lowest BCUT2D eigenvalue weighted by Crippen LogP contribution is -2.48. The molecule has 1 aliphatic carbocycles. The highest BCUT2D eigenvalue weighted by Crippen LogP contribution is 2.41. The number of nitrogens with zero attached hydrogens (tertiary/aromatic N) is 2. The second-order valence-corrected chi connectivity index (χ2v) is 8.38. The first-order chi connectivity index (χ1) is 11.8. The molecule has 1 amide bonds. The van der Waals surface area contributed by atoms with Crippen LogP contribution in [0.25, 0.3) is 0 Å². The maximum Gasteiger partial charge on any atom is 0.410 e. The van der Waals surface area contributed by atoms with Gasteiger partial charge in [0.2, 0.25) is 0 Å². The number of aromatic nitrogens is 1. The second kappa shape index (κ2) is 7.20. The van der Waals surface area contributed by atoms with Crippen molar-refractivity contribution in [3.8, 4) is 0 Å². The van der Waals surface area contributed by atoms with E-state index in [9.17, 15) is 4.79 Å². The molecule has 0 bridgehead atoms. The topological polar surface area (TPSA) is 55.6 Å². The molecule has 0 saturated heterocycles. The van der Waals surface area contributed by atoms with Crippen molar-refractivity contribution in [1.82, 2.24) is 9.88 Å². The van der Waals surface area contributed by atoms with Crippen LogP contribution >= 0.6 is 15.9 Å². The fourth-order valence-corrected chi connectivity index (χ4v) is 3.27. The van der Waals surface area contributed by atoms with Crippen LogP contribution in [0.5, 0.6) is 0 Å². The van der Waals surface area contributed by atoms with Gasteiger partial charge in [-0.2, -0.15) is 0 Å². The molecule has 0 radical (unpaired) electrons. The summed E-state index contributed by atoms with van der Waals surface area (Å²) in [5.74, 6) is 0.473. The molecule has 134 valence electrons. The first-order valence-corrected chi connectivity index (χ1v) is 9.23. The van der Waals surface area contributed by atoms with E-state index in [2.05, 4.69) is 45.2 Å². The van der Waals surface area contributed by atoms with Gasteiger partial charge in [-0.05, 0) is 57.2 Å². The van der Waals surface area contributed by atoms with Gasteiger partial charge in [0, 0.05) is 10.5 Å². The molecule has 5 nitrogen and oxygen atoms in total. The molecule has 1 saturated carbocycles. The van der Waals surface area contributed by atoms with E-state index in [-0.39, 0.29) is 12.1 Å². The Labute approximate surface area is 156 Å². The molecule has 2 aromatic rings. The third-order valence-corrected chi connectivity index (χ3v) is 4.87. The largest absolute Gasteiger partial charge is 0.451 e. The van der Waals surface area contributed by atoms with E-state index >= 15 is 0 Å². The molecule has 1 aromatic carbocycles. The molecule has 6 heteroatoms. The van der Waals surface area contributed by atoms with E-state index in [1.165, 1.54) is 12.0 Å². The summed E-state index contributed by atoms with van der Waals surface area (Å²) in [6.07, 6.45) is 4.52. The highest BCUT2D eigenvalue weighted by atomic mass is 79.9. The average molecular weight is 407 g/mol. The first kappa shape index (κ1) is 18.0. The number of carbonyl (C=O) groups excluding carboxylic acids is 1. The molecule has 0 aliphatic heterocycles. The van der Waals surface area contributed by atoms with Gasteiger partial charge >= 0.3 is 6.09 Å². The van der Waals surface area contributed by atoms with Crippen molar-refractivity contribution in [3.63, 3.8) is 0 Å². The normalized spacial score (nSPS) is 20.0. The summed E-state index contributed by atoms with van der Waals surface area (Å²) in [6.45, 7) is 6.04. The number of amides is 1. The molecular formula is C19H23BrN2O3. The van der Waals surface area contributed by atoms with Gasteiger partial charge in [0.25, 0.3) is 0 Å². The maximum absolute atomic E-state index is 12.6. The van der Waals surface area contributed by atoms with E-state index < -0.39 is 5.60 Å². The molecule has 25 heavy (non-hydrogen) atoms. The number of halogens is 1. The summed E-state index contributed by atoms with van der Waals surface area (Å²) in [6, 6.07) is 8.55. The van der Waals surface area contributed by atoms with Gasteiger partial charge < -0.3 is 9.15 Å². The van der Waals surface area contributed by atoms with Crippen molar-refractivity contribution < 1.29 is 13.9 Å². The lowest BCUT2D eigenvalue weighted by molar-refractivity contribution is 0.00123. The Morgan fingerprint density at radius 3 is 2.56 bits per heavy atom. The molecule has 0 N–H and O–H groups in total. The quantitative estimate of drug-likeness (QED) is 0.706. The summed E-state index contributed by atoms with van der Waals surface area (Å²) in [7, 11) is 0. The summed E-state index contributed by atoms with van der Waals surface area (Å²) in [5.41, 5.74) is 1.52. The Morgan fingerprint density at radius 1 is 1.32 bits per heavy atom. The second-order valence-electron chi connectivity index (χ2n) is 7.46. The highest BCUT2D eigenvalue weighted by molar-refractivity contribution is 9.10. The van der Waals surface area contributed by atoms with Crippen molar-refractivity contribution in [2.24, 2.45) is 0 Å². The van der Waals surface area contributed by atoms with E-state index in [1.54, 1.807) is 11.2 Å². The minimum Gasteiger partial charge on any atom is -0.451 e. The van der Waals surface area contributed by atoms with E-state index in [1.807, 2.05) is 20.8 Å². The monoisotopic (exact) mass is 406 g/mol. The minimum absolute atomic E-state index is 0.153. The molecule has 0 atom stereocenters. The molecule has 1 heterocycles. The predicted octanol–water partition coefficient (Wildman–Crippen LogP) is 5.12. The Bertz CT molecular complexity index is 701. The SMILES string of the molecule is CC(C)(C)OC(=O)N(Cc1cocn1)C1CC(c2ccc(Br)cc2)C1. The molecule has 1 aromatic heterocycles. The minimum atomic E-state index is -0.520. The summed E-state index contributed by atoms with van der Waals surface area (Å²) < 4.78 is 11.7. The van der Waals surface area contributed by atoms with Crippen molar-refractivity contribution in [3.05, 3.63) is 52.7 Å². The maximum atomic E-state index is 12.6. The van der Waals surface area contributed by atoms with E-state index in [0.29, 0.717) is 12.5 Å². The first-order valence-electron chi connectivity index (χ1n) is 8.44. The zero-order valence-electron chi connectivity index (χ0n) is 14.7.